The zero-order valence-electron chi connectivity index (χ0n) is 18.3. The van der Waals surface area contributed by atoms with E-state index in [1.807, 2.05) is 32.9 Å². The number of hydrogen-bond acceptors (Lipinski definition) is 7. The zero-order chi connectivity index (χ0) is 22.9. The molecular weight excluding hydrogens is 434 g/mol. The van der Waals surface area contributed by atoms with E-state index in [1.165, 1.54) is 0 Å². The summed E-state index contributed by atoms with van der Waals surface area (Å²) in [5, 5.41) is 6.04. The monoisotopic (exact) mass is 459 g/mol. The van der Waals surface area contributed by atoms with Crippen LogP contribution >= 0.6 is 11.6 Å². The molecule has 2 aromatic rings. The van der Waals surface area contributed by atoms with Crippen molar-refractivity contribution in [3.05, 3.63) is 29.7 Å². The molecule has 0 aliphatic carbocycles. The quantitative estimate of drug-likeness (QED) is 0.675. The third kappa shape index (κ3) is 5.21. The standard InChI is InChI=1S/C22H26ClN5O4/c1-22(2,3)32-21(30)26-14-5-4-6-28(11-14)16-8-18(23)24-10-15(16)13-7-17-20(25-9-13)27-19(29)12-31-17/h7-10,14H,4-6,11-12H2,1-3H3,(H,26,30)(H,25,27,29)/t14-/m0/s1. The van der Waals surface area contributed by atoms with Crippen LogP contribution in [0.25, 0.3) is 11.1 Å². The molecule has 2 aliphatic rings. The van der Waals surface area contributed by atoms with Crippen molar-refractivity contribution in [2.24, 2.45) is 0 Å². The van der Waals surface area contributed by atoms with Crippen molar-refractivity contribution < 1.29 is 19.1 Å². The maximum Gasteiger partial charge on any atom is 0.407 e. The number of fused-ring (bicyclic) bond motifs is 1. The summed E-state index contributed by atoms with van der Waals surface area (Å²) in [4.78, 5) is 34.5. The highest BCUT2D eigenvalue weighted by molar-refractivity contribution is 6.29. The number of alkyl carbamates (subject to hydrolysis) is 1. The van der Waals surface area contributed by atoms with E-state index in [1.54, 1.807) is 12.4 Å². The van der Waals surface area contributed by atoms with Gasteiger partial charge in [-0.05, 0) is 45.7 Å². The molecule has 4 rings (SSSR count). The molecule has 0 unspecified atom stereocenters. The van der Waals surface area contributed by atoms with Crippen molar-refractivity contribution in [2.45, 2.75) is 45.3 Å². The third-order valence-corrected chi connectivity index (χ3v) is 5.32. The number of piperidine rings is 1. The Bertz CT molecular complexity index is 1040. The number of halogens is 1. The van der Waals surface area contributed by atoms with Gasteiger partial charge in [0.05, 0.1) is 0 Å². The van der Waals surface area contributed by atoms with Gasteiger partial charge in [-0.3, -0.25) is 4.79 Å². The van der Waals surface area contributed by atoms with E-state index in [0.717, 1.165) is 36.2 Å². The van der Waals surface area contributed by atoms with Crippen LogP contribution in [0.4, 0.5) is 16.3 Å². The van der Waals surface area contributed by atoms with E-state index in [2.05, 4.69) is 25.5 Å². The summed E-state index contributed by atoms with van der Waals surface area (Å²) in [7, 11) is 0. The molecule has 1 fully saturated rings. The van der Waals surface area contributed by atoms with Gasteiger partial charge in [0, 0.05) is 48.3 Å². The summed E-state index contributed by atoms with van der Waals surface area (Å²) in [5.41, 5.74) is 1.97. The molecule has 2 aromatic heterocycles. The molecule has 1 saturated heterocycles. The first-order valence-electron chi connectivity index (χ1n) is 10.5. The Kier molecular flexibility index (Phi) is 6.10. The molecule has 9 nitrogen and oxygen atoms in total. The summed E-state index contributed by atoms with van der Waals surface area (Å²) in [6.45, 7) is 6.89. The van der Waals surface area contributed by atoms with Gasteiger partial charge in [0.25, 0.3) is 5.91 Å². The van der Waals surface area contributed by atoms with Crippen molar-refractivity contribution in [3.8, 4) is 16.9 Å². The largest absolute Gasteiger partial charge is 0.480 e. The van der Waals surface area contributed by atoms with Crippen LogP contribution in [-0.4, -0.2) is 53.3 Å². The summed E-state index contributed by atoms with van der Waals surface area (Å²) in [6.07, 6.45) is 4.71. The number of rotatable bonds is 3. The SMILES string of the molecule is CC(C)(C)OC(=O)N[C@H]1CCCN(c2cc(Cl)ncc2-c2cnc3c(c2)OCC(=O)N3)C1. The number of carbonyl (C=O) groups excluding carboxylic acids is 2. The van der Waals surface area contributed by atoms with Crippen LogP contribution in [0.3, 0.4) is 0 Å². The number of amides is 2. The smallest absolute Gasteiger partial charge is 0.407 e. The van der Waals surface area contributed by atoms with Gasteiger partial charge in [0.2, 0.25) is 0 Å². The maximum absolute atomic E-state index is 12.2. The molecule has 0 aromatic carbocycles. The minimum absolute atomic E-state index is 0.0476. The van der Waals surface area contributed by atoms with Crippen LogP contribution in [0.5, 0.6) is 5.75 Å². The van der Waals surface area contributed by atoms with Gasteiger partial charge >= 0.3 is 6.09 Å². The predicted molar refractivity (Wildman–Crippen MR) is 121 cm³/mol. The Labute approximate surface area is 191 Å². The van der Waals surface area contributed by atoms with Gasteiger partial charge in [-0.1, -0.05) is 11.6 Å². The number of pyridine rings is 2. The molecule has 2 N–H and O–H groups in total. The van der Waals surface area contributed by atoms with Gasteiger partial charge in [-0.15, -0.1) is 0 Å². The lowest BCUT2D eigenvalue weighted by Crippen LogP contribution is -2.49. The molecule has 10 heteroatoms. The Morgan fingerprint density at radius 3 is 2.91 bits per heavy atom. The average molecular weight is 460 g/mol. The number of anilines is 2. The second kappa shape index (κ2) is 8.82. The van der Waals surface area contributed by atoms with E-state index in [4.69, 9.17) is 21.1 Å². The van der Waals surface area contributed by atoms with Crippen LogP contribution in [0, 0.1) is 0 Å². The Morgan fingerprint density at radius 2 is 2.12 bits per heavy atom. The van der Waals surface area contributed by atoms with Crippen molar-refractivity contribution >= 4 is 35.1 Å². The number of ether oxygens (including phenoxy) is 2. The summed E-state index contributed by atoms with van der Waals surface area (Å²) >= 11 is 6.23. The maximum atomic E-state index is 12.2. The number of nitrogens with zero attached hydrogens (tertiary/aromatic N) is 3. The fourth-order valence-electron chi connectivity index (χ4n) is 3.80. The molecule has 0 radical (unpaired) electrons. The molecule has 2 aliphatic heterocycles. The first kappa shape index (κ1) is 22.1. The Morgan fingerprint density at radius 1 is 1.31 bits per heavy atom. The Balaban J connectivity index is 1.57. The topological polar surface area (TPSA) is 106 Å². The molecule has 0 saturated carbocycles. The number of aromatic nitrogens is 2. The summed E-state index contributed by atoms with van der Waals surface area (Å²) < 4.78 is 10.9. The minimum Gasteiger partial charge on any atom is -0.480 e. The van der Waals surface area contributed by atoms with Crippen molar-refractivity contribution in [1.82, 2.24) is 15.3 Å². The van der Waals surface area contributed by atoms with Gasteiger partial charge in [0.1, 0.15) is 10.8 Å². The van der Waals surface area contributed by atoms with E-state index >= 15 is 0 Å². The molecule has 0 bridgehead atoms. The molecule has 170 valence electrons. The van der Waals surface area contributed by atoms with Gasteiger partial charge in [-0.2, -0.15) is 0 Å². The van der Waals surface area contributed by atoms with Crippen molar-refractivity contribution in [1.29, 1.82) is 0 Å². The van der Waals surface area contributed by atoms with Crippen LogP contribution in [0.1, 0.15) is 33.6 Å². The minimum atomic E-state index is -0.550. The highest BCUT2D eigenvalue weighted by atomic mass is 35.5. The number of carbonyl (C=O) groups is 2. The zero-order valence-corrected chi connectivity index (χ0v) is 19.0. The predicted octanol–water partition coefficient (Wildman–Crippen LogP) is 3.62. The summed E-state index contributed by atoms with van der Waals surface area (Å²) in [6, 6.07) is 3.59. The van der Waals surface area contributed by atoms with Crippen LogP contribution in [0.2, 0.25) is 5.15 Å². The van der Waals surface area contributed by atoms with E-state index in [9.17, 15) is 9.59 Å². The van der Waals surface area contributed by atoms with Crippen LogP contribution < -0.4 is 20.3 Å². The van der Waals surface area contributed by atoms with Crippen molar-refractivity contribution in [2.75, 3.05) is 29.9 Å². The third-order valence-electron chi connectivity index (χ3n) is 5.11. The summed E-state index contributed by atoms with van der Waals surface area (Å²) in [5.74, 6) is 0.669. The Hall–Kier alpha value is -3.07. The lowest BCUT2D eigenvalue weighted by Gasteiger charge is -2.36. The van der Waals surface area contributed by atoms with E-state index in [-0.39, 0.29) is 18.6 Å². The highest BCUT2D eigenvalue weighted by Crippen LogP contribution is 2.37. The molecule has 4 heterocycles. The first-order chi connectivity index (χ1) is 15.2. The second-order valence-electron chi connectivity index (χ2n) is 8.86. The van der Waals surface area contributed by atoms with E-state index in [0.29, 0.717) is 23.3 Å². The van der Waals surface area contributed by atoms with Gasteiger partial charge < -0.3 is 25.0 Å². The molecule has 32 heavy (non-hydrogen) atoms. The van der Waals surface area contributed by atoms with Crippen molar-refractivity contribution in [3.63, 3.8) is 0 Å². The highest BCUT2D eigenvalue weighted by Gasteiger charge is 2.27. The van der Waals surface area contributed by atoms with E-state index < -0.39 is 11.7 Å². The molecule has 0 spiro atoms. The second-order valence-corrected chi connectivity index (χ2v) is 9.25. The van der Waals surface area contributed by atoms with Gasteiger partial charge in [0.15, 0.2) is 18.2 Å². The fourth-order valence-corrected chi connectivity index (χ4v) is 3.95. The normalized spacial score (nSPS) is 18.3. The lowest BCUT2D eigenvalue weighted by molar-refractivity contribution is -0.118. The average Bonchev–Trinajstić information content (AvgIpc) is 2.72. The number of hydrogen-bond donors (Lipinski definition) is 2. The lowest BCUT2D eigenvalue weighted by atomic mass is 10.0. The number of nitrogens with one attached hydrogen (secondary N) is 2. The molecule has 2 amide bonds. The molecular formula is C22H26ClN5O4. The first-order valence-corrected chi connectivity index (χ1v) is 10.9. The fraction of sp³-hybridized carbons (Fsp3) is 0.455. The van der Waals surface area contributed by atoms with Crippen LogP contribution in [-0.2, 0) is 9.53 Å². The van der Waals surface area contributed by atoms with Gasteiger partial charge in [-0.25, -0.2) is 14.8 Å². The van der Waals surface area contributed by atoms with Crippen LogP contribution in [0.15, 0.2) is 24.5 Å². The molecule has 1 atom stereocenters.